The third-order valence-corrected chi connectivity index (χ3v) is 2.56. The first kappa shape index (κ1) is 10.5. The summed E-state index contributed by atoms with van der Waals surface area (Å²) in [5.74, 6) is -2.13. The SMILES string of the molecule is N=C=NS(=O)(=O)c1ccc(F)cc1F. The third-order valence-electron chi connectivity index (χ3n) is 1.34. The van der Waals surface area contributed by atoms with Gasteiger partial charge in [0.15, 0.2) is 0 Å². The Hall–Kier alpha value is -1.59. The summed E-state index contributed by atoms with van der Waals surface area (Å²) < 4.78 is 50.1. The molecule has 1 N–H and O–H groups in total. The van der Waals surface area contributed by atoms with Gasteiger partial charge in [-0.3, -0.25) is 0 Å². The van der Waals surface area contributed by atoms with Crippen LogP contribution in [0.4, 0.5) is 8.78 Å². The van der Waals surface area contributed by atoms with Gasteiger partial charge < -0.3 is 0 Å². The molecule has 0 atom stereocenters. The molecule has 0 amide bonds. The third kappa shape index (κ3) is 2.01. The van der Waals surface area contributed by atoms with Gasteiger partial charge in [-0.05, 0) is 12.1 Å². The van der Waals surface area contributed by atoms with Crippen LogP contribution in [-0.2, 0) is 10.0 Å². The van der Waals surface area contributed by atoms with Crippen LogP contribution >= 0.6 is 0 Å². The van der Waals surface area contributed by atoms with Gasteiger partial charge in [0, 0.05) is 6.07 Å². The lowest BCUT2D eigenvalue weighted by Gasteiger charge is -1.98. The number of hydrogen-bond acceptors (Lipinski definition) is 3. The monoisotopic (exact) mass is 218 g/mol. The molecule has 0 aromatic heterocycles. The normalized spacial score (nSPS) is 10.7. The zero-order chi connectivity index (χ0) is 10.8. The molecular weight excluding hydrogens is 214 g/mol. The first-order valence-corrected chi connectivity index (χ1v) is 4.75. The van der Waals surface area contributed by atoms with Crippen molar-refractivity contribution >= 4 is 16.0 Å². The molecular formula is C7H4F2N2O2S. The predicted octanol–water partition coefficient (Wildman–Crippen LogP) is 1.41. The van der Waals surface area contributed by atoms with E-state index in [1.54, 1.807) is 0 Å². The fourth-order valence-corrected chi connectivity index (χ4v) is 1.56. The van der Waals surface area contributed by atoms with Crippen LogP contribution in [0.1, 0.15) is 0 Å². The van der Waals surface area contributed by atoms with Gasteiger partial charge in [-0.25, -0.2) is 14.2 Å². The molecule has 0 aliphatic heterocycles. The number of halogens is 2. The van der Waals surface area contributed by atoms with Crippen molar-refractivity contribution in [2.45, 2.75) is 4.90 Å². The first-order valence-electron chi connectivity index (χ1n) is 3.31. The van der Waals surface area contributed by atoms with Gasteiger partial charge in [-0.15, -0.1) is 0 Å². The Kier molecular flexibility index (Phi) is 2.73. The van der Waals surface area contributed by atoms with Crippen LogP contribution in [0, 0.1) is 17.0 Å². The molecule has 0 spiro atoms. The number of nitrogens with zero attached hydrogens (tertiary/aromatic N) is 1. The van der Waals surface area contributed by atoms with Crippen LogP contribution in [0.5, 0.6) is 0 Å². The predicted molar refractivity (Wildman–Crippen MR) is 43.7 cm³/mol. The Labute approximate surface area is 78.5 Å². The average molecular weight is 218 g/mol. The molecule has 7 heteroatoms. The molecule has 0 aliphatic rings. The van der Waals surface area contributed by atoms with Crippen LogP contribution in [0.3, 0.4) is 0 Å². The maximum absolute atomic E-state index is 12.9. The zero-order valence-corrected chi connectivity index (χ0v) is 7.48. The summed E-state index contributed by atoms with van der Waals surface area (Å²) in [6, 6.07) is 3.22. The number of sulfonamides is 1. The summed E-state index contributed by atoms with van der Waals surface area (Å²) in [4.78, 5) is -0.779. The standard InChI is InChI=1S/C7H4F2N2O2S/c8-5-1-2-7(6(9)3-5)14(12,13)11-4-10/h1-3,10H. The lowest BCUT2D eigenvalue weighted by Crippen LogP contribution is -2.00. The topological polar surface area (TPSA) is 70.3 Å². The number of hydrogen-bond donors (Lipinski definition) is 1. The van der Waals surface area contributed by atoms with Crippen molar-refractivity contribution < 1.29 is 17.2 Å². The van der Waals surface area contributed by atoms with E-state index in [0.717, 1.165) is 12.1 Å². The minimum atomic E-state index is -4.27. The molecule has 0 bridgehead atoms. The molecule has 0 radical (unpaired) electrons. The van der Waals surface area contributed by atoms with Crippen LogP contribution < -0.4 is 0 Å². The highest BCUT2D eigenvalue weighted by Crippen LogP contribution is 2.17. The second-order valence-corrected chi connectivity index (χ2v) is 3.83. The second kappa shape index (κ2) is 3.65. The lowest BCUT2D eigenvalue weighted by molar-refractivity contribution is 0.550. The van der Waals surface area contributed by atoms with Gasteiger partial charge >= 0.3 is 0 Å². The largest absolute Gasteiger partial charge is 0.294 e. The van der Waals surface area contributed by atoms with Crippen LogP contribution in [0.25, 0.3) is 0 Å². The minimum Gasteiger partial charge on any atom is -0.241 e. The summed E-state index contributed by atoms with van der Waals surface area (Å²) >= 11 is 0. The molecule has 1 rings (SSSR count). The molecule has 0 saturated heterocycles. The van der Waals surface area contributed by atoms with E-state index in [1.165, 1.54) is 6.01 Å². The maximum atomic E-state index is 12.9. The quantitative estimate of drug-likeness (QED) is 0.762. The zero-order valence-electron chi connectivity index (χ0n) is 6.66. The molecule has 0 fully saturated rings. The van der Waals surface area contributed by atoms with E-state index in [9.17, 15) is 17.2 Å². The summed E-state index contributed by atoms with van der Waals surface area (Å²) in [7, 11) is -4.27. The smallest absolute Gasteiger partial charge is 0.241 e. The summed E-state index contributed by atoms with van der Waals surface area (Å²) in [6.45, 7) is 0. The van der Waals surface area contributed by atoms with Crippen molar-refractivity contribution in [2.24, 2.45) is 4.40 Å². The highest BCUT2D eigenvalue weighted by molar-refractivity contribution is 7.90. The summed E-state index contributed by atoms with van der Waals surface area (Å²) in [5, 5.41) is 6.33. The number of benzene rings is 1. The van der Waals surface area contributed by atoms with Crippen molar-refractivity contribution in [3.05, 3.63) is 29.8 Å². The van der Waals surface area contributed by atoms with E-state index in [1.807, 2.05) is 0 Å². The molecule has 4 nitrogen and oxygen atoms in total. The fraction of sp³-hybridized carbons (Fsp3) is 0. The highest BCUT2D eigenvalue weighted by atomic mass is 32.2. The molecule has 74 valence electrons. The van der Waals surface area contributed by atoms with Crippen LogP contribution in [-0.4, -0.2) is 14.4 Å². The Morgan fingerprint density at radius 3 is 2.50 bits per heavy atom. The Morgan fingerprint density at radius 2 is 2.00 bits per heavy atom. The first-order chi connectivity index (χ1) is 6.47. The van der Waals surface area contributed by atoms with E-state index in [4.69, 9.17) is 5.41 Å². The van der Waals surface area contributed by atoms with Crippen molar-refractivity contribution in [3.63, 3.8) is 0 Å². The van der Waals surface area contributed by atoms with E-state index < -0.39 is 26.6 Å². The Balaban J connectivity index is 3.41. The van der Waals surface area contributed by atoms with Gasteiger partial charge in [0.1, 0.15) is 22.5 Å². The average Bonchev–Trinajstić information content (AvgIpc) is 2.02. The van der Waals surface area contributed by atoms with Crippen LogP contribution in [0.15, 0.2) is 27.5 Å². The van der Waals surface area contributed by atoms with E-state index >= 15 is 0 Å². The van der Waals surface area contributed by atoms with Crippen LogP contribution in [0.2, 0.25) is 0 Å². The van der Waals surface area contributed by atoms with Gasteiger partial charge in [0.05, 0.1) is 0 Å². The van der Waals surface area contributed by atoms with Crippen molar-refractivity contribution in [2.75, 3.05) is 0 Å². The Morgan fingerprint density at radius 1 is 1.36 bits per heavy atom. The summed E-state index contributed by atoms with van der Waals surface area (Å²) in [6.07, 6.45) is 0. The van der Waals surface area contributed by atoms with Gasteiger partial charge in [0.2, 0.25) is 0 Å². The Bertz CT molecular complexity index is 506. The van der Waals surface area contributed by atoms with Gasteiger partial charge in [0.25, 0.3) is 10.0 Å². The highest BCUT2D eigenvalue weighted by Gasteiger charge is 2.17. The van der Waals surface area contributed by atoms with Crippen molar-refractivity contribution in [1.29, 1.82) is 5.41 Å². The van der Waals surface area contributed by atoms with Crippen molar-refractivity contribution in [1.82, 2.24) is 0 Å². The number of nitrogens with one attached hydrogen (secondary N) is 1. The van der Waals surface area contributed by atoms with Gasteiger partial charge in [-0.2, -0.15) is 8.42 Å². The molecule has 0 aliphatic carbocycles. The van der Waals surface area contributed by atoms with E-state index in [0.29, 0.717) is 6.07 Å². The molecule has 0 heterocycles. The molecule has 1 aromatic rings. The van der Waals surface area contributed by atoms with E-state index in [2.05, 4.69) is 4.40 Å². The summed E-state index contributed by atoms with van der Waals surface area (Å²) in [5.41, 5.74) is 0. The number of rotatable bonds is 2. The molecule has 0 unspecified atom stereocenters. The molecule has 0 saturated carbocycles. The lowest BCUT2D eigenvalue weighted by atomic mass is 10.3. The van der Waals surface area contributed by atoms with Crippen molar-refractivity contribution in [3.8, 4) is 0 Å². The minimum absolute atomic E-state index is 0.423. The van der Waals surface area contributed by atoms with E-state index in [-0.39, 0.29) is 0 Å². The molecule has 14 heavy (non-hydrogen) atoms. The second-order valence-electron chi connectivity index (χ2n) is 2.25. The van der Waals surface area contributed by atoms with Gasteiger partial charge in [-0.1, -0.05) is 4.40 Å². The maximum Gasteiger partial charge on any atom is 0.294 e. The fourth-order valence-electron chi connectivity index (χ4n) is 0.794. The molecule has 1 aromatic carbocycles.